The number of rotatable bonds is 3. The molecule has 0 saturated carbocycles. The molecule has 2 heterocycles. The van der Waals surface area contributed by atoms with E-state index in [0.29, 0.717) is 13.1 Å². The molecule has 0 aromatic carbocycles. The summed E-state index contributed by atoms with van der Waals surface area (Å²) in [6.07, 6.45) is 3.81. The summed E-state index contributed by atoms with van der Waals surface area (Å²) in [4.78, 5) is 13.6. The Labute approximate surface area is 90.6 Å². The van der Waals surface area contributed by atoms with Crippen LogP contribution in [0.15, 0.2) is 0 Å². The van der Waals surface area contributed by atoms with Gasteiger partial charge in [0.15, 0.2) is 0 Å². The highest BCUT2D eigenvalue weighted by molar-refractivity contribution is 5.83. The van der Waals surface area contributed by atoms with Crippen molar-refractivity contribution in [1.82, 2.24) is 10.2 Å². The van der Waals surface area contributed by atoms with Crippen molar-refractivity contribution in [3.63, 3.8) is 0 Å². The third-order valence-electron chi connectivity index (χ3n) is 3.36. The predicted octanol–water partition coefficient (Wildman–Crippen LogP) is 0.112. The summed E-state index contributed by atoms with van der Waals surface area (Å²) in [5.41, 5.74) is -0.594. The van der Waals surface area contributed by atoms with Crippen LogP contribution in [0.25, 0.3) is 0 Å². The number of nitrogens with zero attached hydrogens (tertiary/aromatic N) is 1. The molecule has 1 amide bonds. The topological polar surface area (TPSA) is 52.6 Å². The van der Waals surface area contributed by atoms with E-state index in [4.69, 9.17) is 0 Å². The standard InChI is InChI=1S/C11H20N2O2/c1-2-5-11(15)7-13(8-11)10(14)9-4-3-6-12-9/h9,12,15H,2-8H2,1H3. The fraction of sp³-hybridized carbons (Fsp3) is 0.909. The molecule has 0 aliphatic carbocycles. The van der Waals surface area contributed by atoms with Gasteiger partial charge in [0, 0.05) is 0 Å². The van der Waals surface area contributed by atoms with Gasteiger partial charge in [-0.1, -0.05) is 13.3 Å². The number of amides is 1. The summed E-state index contributed by atoms with van der Waals surface area (Å²) in [6, 6.07) is 0.0103. The average molecular weight is 212 g/mol. The molecule has 1 atom stereocenters. The number of nitrogens with one attached hydrogen (secondary N) is 1. The van der Waals surface area contributed by atoms with Crippen LogP contribution in [0.4, 0.5) is 0 Å². The van der Waals surface area contributed by atoms with Crippen LogP contribution in [-0.2, 0) is 4.79 Å². The van der Waals surface area contributed by atoms with E-state index in [1.54, 1.807) is 4.90 Å². The van der Waals surface area contributed by atoms with E-state index < -0.39 is 5.60 Å². The van der Waals surface area contributed by atoms with E-state index in [1.165, 1.54) is 0 Å². The van der Waals surface area contributed by atoms with Gasteiger partial charge in [0.1, 0.15) is 0 Å². The largest absolute Gasteiger partial charge is 0.386 e. The summed E-state index contributed by atoms with van der Waals surface area (Å²) < 4.78 is 0. The molecule has 2 rings (SSSR count). The van der Waals surface area contributed by atoms with E-state index in [9.17, 15) is 9.90 Å². The first-order valence-electron chi connectivity index (χ1n) is 5.89. The van der Waals surface area contributed by atoms with E-state index in [-0.39, 0.29) is 11.9 Å². The second kappa shape index (κ2) is 4.10. The third-order valence-corrected chi connectivity index (χ3v) is 3.36. The van der Waals surface area contributed by atoms with Gasteiger partial charge in [0.25, 0.3) is 0 Å². The smallest absolute Gasteiger partial charge is 0.239 e. The number of hydrogen-bond acceptors (Lipinski definition) is 3. The van der Waals surface area contributed by atoms with Gasteiger partial charge < -0.3 is 15.3 Å². The second-order valence-electron chi connectivity index (χ2n) is 4.82. The van der Waals surface area contributed by atoms with Gasteiger partial charge in [-0.2, -0.15) is 0 Å². The van der Waals surface area contributed by atoms with Crippen molar-refractivity contribution in [2.45, 2.75) is 44.2 Å². The molecule has 4 heteroatoms. The second-order valence-corrected chi connectivity index (χ2v) is 4.82. The van der Waals surface area contributed by atoms with Gasteiger partial charge in [-0.3, -0.25) is 4.79 Å². The molecule has 1 unspecified atom stereocenters. The minimum Gasteiger partial charge on any atom is -0.386 e. The lowest BCUT2D eigenvalue weighted by atomic mass is 9.88. The Morgan fingerprint density at radius 3 is 2.87 bits per heavy atom. The molecular formula is C11H20N2O2. The Morgan fingerprint density at radius 1 is 1.60 bits per heavy atom. The van der Waals surface area contributed by atoms with Gasteiger partial charge in [0.2, 0.25) is 5.91 Å². The minimum absolute atomic E-state index is 0.0103. The fourth-order valence-electron chi connectivity index (χ4n) is 2.56. The zero-order chi connectivity index (χ0) is 10.9. The molecule has 2 aliphatic rings. The Kier molecular flexibility index (Phi) is 2.98. The van der Waals surface area contributed by atoms with Crippen molar-refractivity contribution in [2.75, 3.05) is 19.6 Å². The molecule has 0 aromatic rings. The molecule has 15 heavy (non-hydrogen) atoms. The number of hydrogen-bond donors (Lipinski definition) is 2. The number of β-amino-alcohol motifs (C(OH)–C–C–N with tert-alkyl or cyclic N) is 1. The number of likely N-dealkylation sites (tertiary alicyclic amines) is 1. The van der Waals surface area contributed by atoms with Crippen LogP contribution in [-0.4, -0.2) is 47.2 Å². The van der Waals surface area contributed by atoms with E-state index in [1.807, 2.05) is 0 Å². The van der Waals surface area contributed by atoms with Crippen molar-refractivity contribution in [3.05, 3.63) is 0 Å². The summed E-state index contributed by atoms with van der Waals surface area (Å²) in [5.74, 6) is 0.174. The maximum Gasteiger partial charge on any atom is 0.239 e. The van der Waals surface area contributed by atoms with Gasteiger partial charge in [-0.15, -0.1) is 0 Å². The molecule has 86 valence electrons. The molecule has 2 aliphatic heterocycles. The molecular weight excluding hydrogens is 192 g/mol. The molecule has 2 N–H and O–H groups in total. The molecule has 4 nitrogen and oxygen atoms in total. The third kappa shape index (κ3) is 2.16. The van der Waals surface area contributed by atoms with E-state index >= 15 is 0 Å². The molecule has 0 radical (unpaired) electrons. The van der Waals surface area contributed by atoms with Crippen LogP contribution in [0.2, 0.25) is 0 Å². The van der Waals surface area contributed by atoms with Crippen molar-refractivity contribution in [3.8, 4) is 0 Å². The summed E-state index contributed by atoms with van der Waals surface area (Å²) >= 11 is 0. The molecule has 2 fully saturated rings. The normalized spacial score (nSPS) is 28.9. The molecule has 0 spiro atoms. The number of carbonyl (C=O) groups excluding carboxylic acids is 1. The lowest BCUT2D eigenvalue weighted by molar-refractivity contribution is -0.158. The monoisotopic (exact) mass is 212 g/mol. The molecule has 0 aromatic heterocycles. The first-order chi connectivity index (χ1) is 7.14. The Balaban J connectivity index is 1.80. The quantitative estimate of drug-likeness (QED) is 0.698. The van der Waals surface area contributed by atoms with E-state index in [2.05, 4.69) is 12.2 Å². The van der Waals surface area contributed by atoms with Crippen molar-refractivity contribution < 1.29 is 9.90 Å². The average Bonchev–Trinajstić information content (AvgIpc) is 2.66. The maximum absolute atomic E-state index is 11.9. The van der Waals surface area contributed by atoms with Crippen molar-refractivity contribution in [2.24, 2.45) is 0 Å². The fourth-order valence-corrected chi connectivity index (χ4v) is 2.56. The number of carbonyl (C=O) groups is 1. The molecule has 2 saturated heterocycles. The van der Waals surface area contributed by atoms with E-state index in [0.717, 1.165) is 32.2 Å². The minimum atomic E-state index is -0.594. The van der Waals surface area contributed by atoms with Gasteiger partial charge in [0.05, 0.1) is 24.7 Å². The lowest BCUT2D eigenvalue weighted by Crippen LogP contribution is -2.65. The summed E-state index contributed by atoms with van der Waals surface area (Å²) in [6.45, 7) is 4.06. The number of aliphatic hydroxyl groups is 1. The van der Waals surface area contributed by atoms with Crippen LogP contribution in [0, 0.1) is 0 Å². The molecule has 0 bridgehead atoms. The predicted molar refractivity (Wildman–Crippen MR) is 57.5 cm³/mol. The van der Waals surface area contributed by atoms with Crippen molar-refractivity contribution >= 4 is 5.91 Å². The first-order valence-corrected chi connectivity index (χ1v) is 5.89. The summed E-state index contributed by atoms with van der Waals surface area (Å²) in [7, 11) is 0. The maximum atomic E-state index is 11.9. The Hall–Kier alpha value is -0.610. The Morgan fingerprint density at radius 2 is 2.33 bits per heavy atom. The highest BCUT2D eigenvalue weighted by Crippen LogP contribution is 2.27. The van der Waals surface area contributed by atoms with Gasteiger partial charge in [-0.05, 0) is 25.8 Å². The highest BCUT2D eigenvalue weighted by Gasteiger charge is 2.44. The lowest BCUT2D eigenvalue weighted by Gasteiger charge is -2.47. The van der Waals surface area contributed by atoms with Crippen LogP contribution < -0.4 is 5.32 Å². The van der Waals surface area contributed by atoms with Crippen molar-refractivity contribution in [1.29, 1.82) is 0 Å². The Bertz CT molecular complexity index is 243. The zero-order valence-electron chi connectivity index (χ0n) is 9.33. The van der Waals surface area contributed by atoms with Crippen LogP contribution in [0.3, 0.4) is 0 Å². The van der Waals surface area contributed by atoms with Crippen LogP contribution in [0.1, 0.15) is 32.6 Å². The zero-order valence-corrected chi connectivity index (χ0v) is 9.33. The highest BCUT2D eigenvalue weighted by atomic mass is 16.3. The SMILES string of the molecule is CCCC1(O)CN(C(=O)C2CCCN2)C1. The van der Waals surface area contributed by atoms with Gasteiger partial charge >= 0.3 is 0 Å². The first kappa shape index (κ1) is 10.9. The summed E-state index contributed by atoms with van der Waals surface area (Å²) in [5, 5.41) is 13.1. The van der Waals surface area contributed by atoms with Gasteiger partial charge in [-0.25, -0.2) is 0 Å². The van der Waals surface area contributed by atoms with Crippen LogP contribution >= 0.6 is 0 Å². The van der Waals surface area contributed by atoms with Crippen LogP contribution in [0.5, 0.6) is 0 Å².